The number of nitrogens with zero attached hydrogens (tertiary/aromatic N) is 1. The van der Waals surface area contributed by atoms with Gasteiger partial charge in [-0.05, 0) is 33.6 Å². The van der Waals surface area contributed by atoms with Crippen LogP contribution < -0.4 is 0 Å². The van der Waals surface area contributed by atoms with Gasteiger partial charge in [0.2, 0.25) is 0 Å². The van der Waals surface area contributed by atoms with E-state index in [-0.39, 0.29) is 24.2 Å². The highest BCUT2D eigenvalue weighted by Gasteiger charge is 2.57. The molecule has 1 saturated heterocycles. The van der Waals surface area contributed by atoms with Crippen molar-refractivity contribution in [1.29, 1.82) is 0 Å². The number of likely N-dealkylation sites (tertiary alicyclic amines) is 1. The second-order valence-corrected chi connectivity index (χ2v) is 6.02. The van der Waals surface area contributed by atoms with Crippen LogP contribution in [0, 0.1) is 5.41 Å². The first-order chi connectivity index (χ1) is 7.38. The summed E-state index contributed by atoms with van der Waals surface area (Å²) in [4.78, 5) is 13.5. The van der Waals surface area contributed by atoms with Crippen molar-refractivity contribution in [1.82, 2.24) is 4.90 Å². The number of amides is 1. The Morgan fingerprint density at radius 1 is 1.50 bits per heavy atom. The van der Waals surface area contributed by atoms with Gasteiger partial charge in [-0.2, -0.15) is 0 Å². The zero-order chi connectivity index (χ0) is 12.0. The highest BCUT2D eigenvalue weighted by molar-refractivity contribution is 5.70. The second kappa shape index (κ2) is 3.62. The zero-order valence-electron chi connectivity index (χ0n) is 10.3. The molecular formula is C12H21NO3. The fourth-order valence-corrected chi connectivity index (χ4v) is 2.70. The smallest absolute Gasteiger partial charge is 0.410 e. The van der Waals surface area contributed by atoms with Crippen molar-refractivity contribution in [2.24, 2.45) is 5.41 Å². The van der Waals surface area contributed by atoms with E-state index >= 15 is 0 Å². The lowest BCUT2D eigenvalue weighted by Gasteiger charge is -2.61. The van der Waals surface area contributed by atoms with Crippen LogP contribution in [-0.4, -0.2) is 40.9 Å². The molecule has 0 aromatic heterocycles. The monoisotopic (exact) mass is 227 g/mol. The minimum Gasteiger partial charge on any atom is -0.444 e. The minimum absolute atomic E-state index is 0.0175. The van der Waals surface area contributed by atoms with Crippen molar-refractivity contribution >= 4 is 6.09 Å². The molecule has 1 atom stereocenters. The van der Waals surface area contributed by atoms with Gasteiger partial charge in [0, 0.05) is 12.0 Å². The van der Waals surface area contributed by atoms with E-state index in [1.54, 1.807) is 4.90 Å². The van der Waals surface area contributed by atoms with Gasteiger partial charge >= 0.3 is 6.09 Å². The molecule has 1 heterocycles. The molecule has 1 unspecified atom stereocenters. The molecule has 1 N–H and O–H groups in total. The summed E-state index contributed by atoms with van der Waals surface area (Å²) in [6.45, 7) is 6.39. The third-order valence-electron chi connectivity index (χ3n) is 3.72. The van der Waals surface area contributed by atoms with Gasteiger partial charge in [0.1, 0.15) is 5.60 Å². The SMILES string of the molecule is CC(C)(C)OC(=O)N1CC2(CCC2)C1CO. The van der Waals surface area contributed by atoms with Gasteiger partial charge < -0.3 is 14.7 Å². The lowest BCUT2D eigenvalue weighted by atomic mass is 9.58. The largest absolute Gasteiger partial charge is 0.444 e. The standard InChI is InChI=1S/C12H21NO3/c1-11(2,3)16-10(15)13-8-12(5-4-6-12)9(13)7-14/h9,14H,4-8H2,1-3H3. The van der Waals surface area contributed by atoms with E-state index in [0.717, 1.165) is 19.4 Å². The van der Waals surface area contributed by atoms with Crippen LogP contribution in [0.5, 0.6) is 0 Å². The van der Waals surface area contributed by atoms with Gasteiger partial charge in [-0.25, -0.2) is 4.79 Å². The number of carbonyl (C=O) groups excluding carboxylic acids is 1. The van der Waals surface area contributed by atoms with Crippen LogP contribution in [0.4, 0.5) is 4.79 Å². The van der Waals surface area contributed by atoms with Crippen LogP contribution in [-0.2, 0) is 4.74 Å². The van der Waals surface area contributed by atoms with E-state index in [4.69, 9.17) is 4.74 Å². The fraction of sp³-hybridized carbons (Fsp3) is 0.917. The average molecular weight is 227 g/mol. The van der Waals surface area contributed by atoms with Crippen molar-refractivity contribution in [3.63, 3.8) is 0 Å². The molecule has 92 valence electrons. The van der Waals surface area contributed by atoms with Crippen molar-refractivity contribution < 1.29 is 14.6 Å². The Morgan fingerprint density at radius 2 is 2.12 bits per heavy atom. The number of carbonyl (C=O) groups is 1. The van der Waals surface area contributed by atoms with Crippen LogP contribution in [0.1, 0.15) is 40.0 Å². The molecule has 0 aromatic rings. The number of aliphatic hydroxyl groups excluding tert-OH is 1. The quantitative estimate of drug-likeness (QED) is 0.742. The molecule has 0 bridgehead atoms. The molecule has 1 amide bonds. The molecule has 16 heavy (non-hydrogen) atoms. The predicted molar refractivity (Wildman–Crippen MR) is 60.1 cm³/mol. The third kappa shape index (κ3) is 1.79. The molecule has 2 fully saturated rings. The van der Waals surface area contributed by atoms with Crippen molar-refractivity contribution in [2.75, 3.05) is 13.2 Å². The first kappa shape index (κ1) is 11.7. The molecule has 0 radical (unpaired) electrons. The van der Waals surface area contributed by atoms with Crippen LogP contribution in [0.2, 0.25) is 0 Å². The Morgan fingerprint density at radius 3 is 2.50 bits per heavy atom. The fourth-order valence-electron chi connectivity index (χ4n) is 2.70. The second-order valence-electron chi connectivity index (χ2n) is 6.02. The van der Waals surface area contributed by atoms with Gasteiger partial charge in [-0.1, -0.05) is 6.42 Å². The summed E-state index contributed by atoms with van der Waals surface area (Å²) < 4.78 is 5.31. The van der Waals surface area contributed by atoms with E-state index in [1.807, 2.05) is 20.8 Å². The Labute approximate surface area is 96.6 Å². The molecule has 1 aliphatic carbocycles. The number of rotatable bonds is 1. The number of aliphatic hydroxyl groups is 1. The maximum atomic E-state index is 11.8. The summed E-state index contributed by atoms with van der Waals surface area (Å²) in [5.41, 5.74) is -0.245. The van der Waals surface area contributed by atoms with E-state index in [2.05, 4.69) is 0 Å². The number of hydrogen-bond acceptors (Lipinski definition) is 3. The van der Waals surface area contributed by atoms with Gasteiger partial charge in [0.25, 0.3) is 0 Å². The molecule has 2 aliphatic rings. The first-order valence-electron chi connectivity index (χ1n) is 5.98. The molecule has 1 aliphatic heterocycles. The van der Waals surface area contributed by atoms with E-state index in [1.165, 1.54) is 6.42 Å². The summed E-state index contributed by atoms with van der Waals surface area (Å²) in [6, 6.07) is -0.0175. The predicted octanol–water partition coefficient (Wildman–Crippen LogP) is 1.77. The van der Waals surface area contributed by atoms with Crippen LogP contribution in [0.25, 0.3) is 0 Å². The van der Waals surface area contributed by atoms with Gasteiger partial charge in [0.05, 0.1) is 12.6 Å². The molecular weight excluding hydrogens is 206 g/mol. The van der Waals surface area contributed by atoms with E-state index < -0.39 is 5.60 Å². The Balaban J connectivity index is 1.94. The lowest BCUT2D eigenvalue weighted by Crippen LogP contribution is -2.70. The average Bonchev–Trinajstić information content (AvgIpc) is 1.96. The van der Waals surface area contributed by atoms with Gasteiger partial charge in [-0.15, -0.1) is 0 Å². The molecule has 4 heteroatoms. The number of ether oxygens (including phenoxy) is 1. The van der Waals surface area contributed by atoms with E-state index in [0.29, 0.717) is 0 Å². The summed E-state index contributed by atoms with van der Waals surface area (Å²) in [5, 5.41) is 9.35. The van der Waals surface area contributed by atoms with Crippen molar-refractivity contribution in [3.05, 3.63) is 0 Å². The lowest BCUT2D eigenvalue weighted by molar-refractivity contribution is -0.136. The Hall–Kier alpha value is -0.770. The summed E-state index contributed by atoms with van der Waals surface area (Å²) in [7, 11) is 0. The highest BCUT2D eigenvalue weighted by Crippen LogP contribution is 2.53. The minimum atomic E-state index is -0.459. The summed E-state index contributed by atoms with van der Waals surface area (Å²) >= 11 is 0. The van der Waals surface area contributed by atoms with Gasteiger partial charge in [0.15, 0.2) is 0 Å². The van der Waals surface area contributed by atoms with E-state index in [9.17, 15) is 9.90 Å². The summed E-state index contributed by atoms with van der Waals surface area (Å²) in [6.07, 6.45) is 3.21. The van der Waals surface area contributed by atoms with Crippen molar-refractivity contribution in [3.8, 4) is 0 Å². The maximum absolute atomic E-state index is 11.8. The van der Waals surface area contributed by atoms with Crippen LogP contribution >= 0.6 is 0 Å². The number of hydrogen-bond donors (Lipinski definition) is 1. The third-order valence-corrected chi connectivity index (χ3v) is 3.72. The van der Waals surface area contributed by atoms with Crippen LogP contribution in [0.3, 0.4) is 0 Å². The first-order valence-corrected chi connectivity index (χ1v) is 5.98. The van der Waals surface area contributed by atoms with Crippen LogP contribution in [0.15, 0.2) is 0 Å². The maximum Gasteiger partial charge on any atom is 0.410 e. The van der Waals surface area contributed by atoms with Gasteiger partial charge in [-0.3, -0.25) is 0 Å². The summed E-state index contributed by atoms with van der Waals surface area (Å²) in [5.74, 6) is 0. The molecule has 1 spiro atoms. The molecule has 0 aromatic carbocycles. The molecule has 2 rings (SSSR count). The van der Waals surface area contributed by atoms with Crippen molar-refractivity contribution in [2.45, 2.75) is 51.7 Å². The normalized spacial score (nSPS) is 27.2. The Bertz CT molecular complexity index is 291. The topological polar surface area (TPSA) is 49.8 Å². The highest BCUT2D eigenvalue weighted by atomic mass is 16.6. The molecule has 1 saturated carbocycles. The zero-order valence-corrected chi connectivity index (χ0v) is 10.3. The molecule has 4 nitrogen and oxygen atoms in total. The Kier molecular flexibility index (Phi) is 2.65.